The van der Waals surface area contributed by atoms with Gasteiger partial charge in [-0.05, 0) is 46.3 Å². The minimum absolute atomic E-state index is 0.0473. The van der Waals surface area contributed by atoms with Crippen molar-refractivity contribution < 1.29 is 18.6 Å². The van der Waals surface area contributed by atoms with Crippen LogP contribution in [0.5, 0.6) is 0 Å². The van der Waals surface area contributed by atoms with Crippen LogP contribution >= 0.6 is 28.3 Å². The van der Waals surface area contributed by atoms with E-state index < -0.39 is 5.91 Å². The number of rotatable bonds is 7. The molecule has 0 atom stereocenters. The van der Waals surface area contributed by atoms with Gasteiger partial charge in [0.15, 0.2) is 18.2 Å². The molecular formula is C20H25BrFN5O3S. The number of nitrogens with one attached hydrogen (secondary N) is 1. The monoisotopic (exact) mass is 513 g/mol. The number of amides is 1. The van der Waals surface area contributed by atoms with Crippen LogP contribution < -0.4 is 11.1 Å². The summed E-state index contributed by atoms with van der Waals surface area (Å²) in [5.41, 5.74) is 6.53. The highest BCUT2D eigenvalue weighted by Gasteiger charge is 2.22. The number of hydrogen-bond acceptors (Lipinski definition) is 6. The van der Waals surface area contributed by atoms with Crippen LogP contribution in [-0.2, 0) is 4.79 Å². The Balaban J connectivity index is 0.00000151. The topological polar surface area (TPSA) is 123 Å². The highest BCUT2D eigenvalue weighted by atomic mass is 79.9. The van der Waals surface area contributed by atoms with Gasteiger partial charge >= 0.3 is 0 Å². The van der Waals surface area contributed by atoms with Crippen molar-refractivity contribution in [3.05, 3.63) is 34.1 Å². The Morgan fingerprint density at radius 3 is 2.61 bits per heavy atom. The number of primary amides is 1. The first-order valence-corrected chi connectivity index (χ1v) is 10.8. The Kier molecular flexibility index (Phi) is 11.1. The summed E-state index contributed by atoms with van der Waals surface area (Å²) < 4.78 is 14.1. The number of halogens is 2. The molecule has 0 saturated heterocycles. The Morgan fingerprint density at radius 1 is 1.42 bits per heavy atom. The highest BCUT2D eigenvalue weighted by molar-refractivity contribution is 9.10. The number of nitrogens with zero attached hydrogens (tertiary/aromatic N) is 3. The second-order valence-corrected chi connectivity index (χ2v) is 8.79. The van der Waals surface area contributed by atoms with Crippen molar-refractivity contribution in [1.29, 1.82) is 0 Å². The van der Waals surface area contributed by atoms with Crippen molar-refractivity contribution in [3.8, 4) is 11.8 Å². The normalized spacial score (nSPS) is 10.4. The van der Waals surface area contributed by atoms with Crippen LogP contribution in [0.1, 0.15) is 62.4 Å². The number of aromatic nitrogens is 3. The lowest BCUT2D eigenvalue weighted by Crippen LogP contribution is -2.13. The number of carboxylic acid groups (broad SMARTS) is 1. The molecule has 0 saturated carbocycles. The number of anilines is 2. The summed E-state index contributed by atoms with van der Waals surface area (Å²) in [4.78, 5) is 24.2. The molecule has 0 radical (unpaired) electrons. The highest BCUT2D eigenvalue weighted by Crippen LogP contribution is 2.30. The van der Waals surface area contributed by atoms with E-state index >= 15 is 0 Å². The molecule has 2 aromatic rings. The molecule has 2 rings (SSSR count). The predicted molar refractivity (Wildman–Crippen MR) is 124 cm³/mol. The molecule has 0 aliphatic carbocycles. The van der Waals surface area contributed by atoms with Crippen LogP contribution in [0.3, 0.4) is 0 Å². The molecule has 2 heterocycles. The molecule has 0 bridgehead atoms. The summed E-state index contributed by atoms with van der Waals surface area (Å²) in [6.45, 7) is 6.47. The van der Waals surface area contributed by atoms with E-state index in [9.17, 15) is 8.68 Å². The van der Waals surface area contributed by atoms with E-state index in [-0.39, 0.29) is 34.8 Å². The number of hydrogen-bond donors (Lipinski definition) is 3. The fraction of sp³-hybridized carbons (Fsp3) is 0.400. The van der Waals surface area contributed by atoms with Crippen molar-refractivity contribution >= 4 is 52.3 Å². The van der Waals surface area contributed by atoms with Crippen LogP contribution in [0.2, 0.25) is 0 Å². The first-order valence-electron chi connectivity index (χ1n) is 9.30. The van der Waals surface area contributed by atoms with Crippen LogP contribution in [0, 0.1) is 17.3 Å². The maximum atomic E-state index is 13.1. The van der Waals surface area contributed by atoms with Gasteiger partial charge in [0, 0.05) is 18.2 Å². The number of nitrogens with two attached hydrogens (primary N) is 1. The maximum absolute atomic E-state index is 13.1. The Morgan fingerprint density at radius 2 is 2.10 bits per heavy atom. The standard InChI is InChI=1S/C19H23BrFN5OS.CH2O2/c1-19(2,3)11-7-5-4-6-8-13-9-10-14(23-12-13)24-18-15(17(22)27)16(20)25-26(18)28-21;2-1-3/h9-10,12H,4-5,7,11H2,1-3H3,(H2,22,27)(H,23,24);1H,(H,2,3). The van der Waals surface area contributed by atoms with Crippen molar-refractivity contribution in [2.75, 3.05) is 5.32 Å². The Bertz CT molecular complexity index is 933. The molecule has 0 fully saturated rings. The lowest BCUT2D eigenvalue weighted by molar-refractivity contribution is -0.122. The van der Waals surface area contributed by atoms with Crippen molar-refractivity contribution in [2.45, 2.75) is 46.5 Å². The van der Waals surface area contributed by atoms with Crippen molar-refractivity contribution in [2.24, 2.45) is 11.1 Å². The Labute approximate surface area is 193 Å². The van der Waals surface area contributed by atoms with Gasteiger partial charge in [0.2, 0.25) is 0 Å². The number of unbranched alkanes of at least 4 members (excludes halogenated alkanes) is 2. The molecule has 2 aromatic heterocycles. The van der Waals surface area contributed by atoms with Gasteiger partial charge in [0.05, 0.1) is 0 Å². The van der Waals surface area contributed by atoms with Gasteiger partial charge in [-0.2, -0.15) is 4.09 Å². The number of carbonyl (C=O) groups is 2. The average molecular weight is 514 g/mol. The minimum Gasteiger partial charge on any atom is -0.483 e. The lowest BCUT2D eigenvalue weighted by Gasteiger charge is -2.16. The quantitative estimate of drug-likeness (QED) is 0.272. The zero-order valence-electron chi connectivity index (χ0n) is 17.5. The second kappa shape index (κ2) is 13.0. The van der Waals surface area contributed by atoms with E-state index in [0.29, 0.717) is 11.2 Å². The fourth-order valence-corrected chi connectivity index (χ4v) is 3.41. The van der Waals surface area contributed by atoms with Crippen molar-refractivity contribution in [1.82, 2.24) is 14.2 Å². The van der Waals surface area contributed by atoms with Gasteiger partial charge in [-0.15, -0.1) is 8.98 Å². The molecule has 0 spiro atoms. The second-order valence-electron chi connectivity index (χ2n) is 7.55. The van der Waals surface area contributed by atoms with E-state index in [1.54, 1.807) is 18.3 Å². The summed E-state index contributed by atoms with van der Waals surface area (Å²) in [6, 6.07) is 3.50. The van der Waals surface area contributed by atoms with Gasteiger partial charge in [-0.3, -0.25) is 9.59 Å². The molecule has 0 aliphatic rings. The number of pyridine rings is 1. The first kappa shape index (κ1) is 26.5. The van der Waals surface area contributed by atoms with Crippen LogP contribution in [-0.4, -0.2) is 31.7 Å². The van der Waals surface area contributed by atoms with Crippen molar-refractivity contribution in [3.63, 3.8) is 0 Å². The van der Waals surface area contributed by atoms with E-state index in [1.165, 1.54) is 6.42 Å². The predicted octanol–water partition coefficient (Wildman–Crippen LogP) is 4.92. The third kappa shape index (κ3) is 9.40. The van der Waals surface area contributed by atoms with Gasteiger partial charge in [0.25, 0.3) is 12.4 Å². The lowest BCUT2D eigenvalue weighted by atomic mass is 9.89. The molecule has 0 unspecified atom stereocenters. The van der Waals surface area contributed by atoms with Crippen LogP contribution in [0.25, 0.3) is 0 Å². The van der Waals surface area contributed by atoms with Gasteiger partial charge in [-0.25, -0.2) is 4.98 Å². The molecule has 1 amide bonds. The summed E-state index contributed by atoms with van der Waals surface area (Å²) in [6.07, 6.45) is 5.89. The zero-order valence-corrected chi connectivity index (χ0v) is 19.9. The zero-order chi connectivity index (χ0) is 23.4. The fourth-order valence-electron chi connectivity index (χ4n) is 2.45. The third-order valence-corrected chi connectivity index (χ3v) is 4.80. The van der Waals surface area contributed by atoms with Crippen LogP contribution in [0.15, 0.2) is 22.9 Å². The van der Waals surface area contributed by atoms with Gasteiger partial charge < -0.3 is 16.2 Å². The molecule has 0 aliphatic heterocycles. The molecular weight excluding hydrogens is 489 g/mol. The third-order valence-electron chi connectivity index (χ3n) is 3.85. The molecule has 0 aromatic carbocycles. The van der Waals surface area contributed by atoms with E-state index in [2.05, 4.69) is 63.9 Å². The van der Waals surface area contributed by atoms with Gasteiger partial charge in [-0.1, -0.05) is 39.0 Å². The smallest absolute Gasteiger partial charge is 0.290 e. The van der Waals surface area contributed by atoms with E-state index in [4.69, 9.17) is 15.6 Å². The molecule has 4 N–H and O–H groups in total. The average Bonchev–Trinajstić information content (AvgIpc) is 3.01. The SMILES string of the molecule is CC(C)(C)CCCCC#Cc1ccc(Nc2c(C(N)=O)c(Br)nn2SF)nc1.O=CO. The summed E-state index contributed by atoms with van der Waals surface area (Å²) in [5.74, 6) is 6.04. The molecule has 31 heavy (non-hydrogen) atoms. The Hall–Kier alpha value is -2.58. The maximum Gasteiger partial charge on any atom is 0.290 e. The molecule has 11 heteroatoms. The minimum atomic E-state index is -0.733. The first-order chi connectivity index (χ1) is 14.6. The van der Waals surface area contributed by atoms with Gasteiger partial charge in [0.1, 0.15) is 16.0 Å². The number of carbonyl (C=O) groups excluding carboxylic acids is 1. The molecule has 168 valence electrons. The summed E-state index contributed by atoms with van der Waals surface area (Å²) in [7, 11) is 0. The van der Waals surface area contributed by atoms with E-state index in [0.717, 1.165) is 28.9 Å². The van der Waals surface area contributed by atoms with Crippen LogP contribution in [0.4, 0.5) is 15.5 Å². The summed E-state index contributed by atoms with van der Waals surface area (Å²) in [5, 5.41) is 13.6. The summed E-state index contributed by atoms with van der Waals surface area (Å²) >= 11 is 2.94. The molecule has 8 nitrogen and oxygen atoms in total. The largest absolute Gasteiger partial charge is 0.483 e. The van der Waals surface area contributed by atoms with E-state index in [1.807, 2.05) is 0 Å².